The van der Waals surface area contributed by atoms with Crippen molar-refractivity contribution in [1.29, 1.82) is 0 Å². The molecule has 104 valence electrons. The normalized spacial score (nSPS) is 10.4. The van der Waals surface area contributed by atoms with Gasteiger partial charge in [0.15, 0.2) is 17.5 Å². The minimum Gasteiger partial charge on any atom is -0.322 e. The molecule has 0 bridgehead atoms. The third-order valence-electron chi connectivity index (χ3n) is 2.59. The van der Waals surface area contributed by atoms with Crippen molar-refractivity contribution in [1.82, 2.24) is 0 Å². The Bertz CT molecular complexity index is 620. The molecule has 1 amide bonds. The molecule has 2 rings (SSSR count). The van der Waals surface area contributed by atoms with E-state index >= 15 is 0 Å². The molecule has 0 saturated heterocycles. The summed E-state index contributed by atoms with van der Waals surface area (Å²) in [6, 6.07) is 8.24. The lowest BCUT2D eigenvalue weighted by molar-refractivity contribution is 0.102. The molecule has 0 aromatic heterocycles. The monoisotopic (exact) mass is 297 g/mol. The Hall–Kier alpha value is -1.95. The summed E-state index contributed by atoms with van der Waals surface area (Å²) in [4.78, 5) is 12.8. The van der Waals surface area contributed by atoms with Crippen molar-refractivity contribution in [3.8, 4) is 0 Å². The molecule has 0 aliphatic heterocycles. The van der Waals surface area contributed by atoms with Crippen LogP contribution < -0.4 is 5.32 Å². The second-order valence-electron chi connectivity index (χ2n) is 3.94. The van der Waals surface area contributed by atoms with Gasteiger partial charge in [0.25, 0.3) is 5.91 Å². The molecular formula is C14H10F3NOS. The fourth-order valence-electron chi connectivity index (χ4n) is 1.56. The summed E-state index contributed by atoms with van der Waals surface area (Å²) in [6.45, 7) is 0. The summed E-state index contributed by atoms with van der Waals surface area (Å²) in [5.41, 5.74) is 0.202. The zero-order chi connectivity index (χ0) is 14.7. The van der Waals surface area contributed by atoms with E-state index in [1.54, 1.807) is 36.0 Å². The highest BCUT2D eigenvalue weighted by molar-refractivity contribution is 7.98. The van der Waals surface area contributed by atoms with Crippen LogP contribution in [0.25, 0.3) is 0 Å². The number of anilines is 1. The summed E-state index contributed by atoms with van der Waals surface area (Å²) in [5, 5.41) is 2.48. The van der Waals surface area contributed by atoms with Gasteiger partial charge in [0, 0.05) is 16.1 Å². The van der Waals surface area contributed by atoms with Crippen molar-refractivity contribution in [2.45, 2.75) is 4.90 Å². The second-order valence-corrected chi connectivity index (χ2v) is 4.82. The zero-order valence-corrected chi connectivity index (χ0v) is 11.2. The van der Waals surface area contributed by atoms with Gasteiger partial charge in [-0.2, -0.15) is 0 Å². The largest absolute Gasteiger partial charge is 0.322 e. The number of benzene rings is 2. The molecule has 2 nitrogen and oxygen atoms in total. The molecule has 20 heavy (non-hydrogen) atoms. The van der Waals surface area contributed by atoms with Gasteiger partial charge in [-0.1, -0.05) is 0 Å². The number of nitrogens with one attached hydrogen (secondary N) is 1. The molecule has 0 unspecified atom stereocenters. The molecule has 6 heteroatoms. The number of hydrogen-bond donors (Lipinski definition) is 1. The van der Waals surface area contributed by atoms with Crippen LogP contribution in [0.2, 0.25) is 0 Å². The molecule has 0 radical (unpaired) electrons. The lowest BCUT2D eigenvalue weighted by Gasteiger charge is -2.06. The topological polar surface area (TPSA) is 29.1 Å². The van der Waals surface area contributed by atoms with Crippen molar-refractivity contribution < 1.29 is 18.0 Å². The van der Waals surface area contributed by atoms with E-state index < -0.39 is 23.4 Å². The minimum absolute atomic E-state index is 0.282. The van der Waals surface area contributed by atoms with Crippen LogP contribution in [-0.2, 0) is 0 Å². The molecule has 0 saturated carbocycles. The summed E-state index contributed by atoms with van der Waals surface area (Å²) in [5.74, 6) is -5.09. The SMILES string of the molecule is CSc1ccc(NC(=O)c2cc(F)c(F)c(F)c2)cc1. The summed E-state index contributed by atoms with van der Waals surface area (Å²) >= 11 is 1.54. The molecule has 1 N–H and O–H groups in total. The number of carbonyl (C=O) groups is 1. The Labute approximate surface area is 118 Å². The van der Waals surface area contributed by atoms with E-state index in [4.69, 9.17) is 0 Å². The summed E-state index contributed by atoms with van der Waals surface area (Å²) in [7, 11) is 0. The first-order valence-electron chi connectivity index (χ1n) is 5.61. The first kappa shape index (κ1) is 14.5. The number of rotatable bonds is 3. The van der Waals surface area contributed by atoms with Crippen molar-refractivity contribution in [3.05, 3.63) is 59.4 Å². The van der Waals surface area contributed by atoms with Crippen molar-refractivity contribution in [2.24, 2.45) is 0 Å². The number of halogens is 3. The van der Waals surface area contributed by atoms with Gasteiger partial charge >= 0.3 is 0 Å². The van der Waals surface area contributed by atoms with Crippen LogP contribution >= 0.6 is 11.8 Å². The highest BCUT2D eigenvalue weighted by atomic mass is 32.2. The van der Waals surface area contributed by atoms with Crippen LogP contribution in [0.1, 0.15) is 10.4 Å². The van der Waals surface area contributed by atoms with Gasteiger partial charge in [0.2, 0.25) is 0 Å². The van der Waals surface area contributed by atoms with Gasteiger partial charge < -0.3 is 5.32 Å². The third-order valence-corrected chi connectivity index (χ3v) is 3.34. The Morgan fingerprint density at radius 1 is 1.05 bits per heavy atom. The number of hydrogen-bond acceptors (Lipinski definition) is 2. The third kappa shape index (κ3) is 3.14. The van der Waals surface area contributed by atoms with E-state index in [2.05, 4.69) is 5.32 Å². The molecule has 0 aliphatic rings. The fourth-order valence-corrected chi connectivity index (χ4v) is 1.97. The average molecular weight is 297 g/mol. The maximum Gasteiger partial charge on any atom is 0.255 e. The Balaban J connectivity index is 2.19. The van der Waals surface area contributed by atoms with Crippen LogP contribution in [-0.4, -0.2) is 12.2 Å². The Kier molecular flexibility index (Phi) is 4.34. The lowest BCUT2D eigenvalue weighted by Crippen LogP contribution is -2.13. The van der Waals surface area contributed by atoms with Crippen molar-refractivity contribution in [2.75, 3.05) is 11.6 Å². The van der Waals surface area contributed by atoms with Crippen LogP contribution in [0, 0.1) is 17.5 Å². The average Bonchev–Trinajstić information content (AvgIpc) is 2.45. The minimum atomic E-state index is -1.59. The quantitative estimate of drug-likeness (QED) is 0.683. The number of carbonyl (C=O) groups excluding carboxylic acids is 1. The van der Waals surface area contributed by atoms with E-state index in [1.807, 2.05) is 6.26 Å². The maximum atomic E-state index is 13.0. The van der Waals surface area contributed by atoms with Crippen LogP contribution in [0.3, 0.4) is 0 Å². The first-order chi connectivity index (χ1) is 9.51. The zero-order valence-electron chi connectivity index (χ0n) is 10.4. The van der Waals surface area contributed by atoms with E-state index in [1.165, 1.54) is 0 Å². The summed E-state index contributed by atoms with van der Waals surface area (Å²) in [6.07, 6.45) is 1.91. The number of amides is 1. The van der Waals surface area contributed by atoms with Gasteiger partial charge in [-0.15, -0.1) is 11.8 Å². The van der Waals surface area contributed by atoms with E-state index in [0.29, 0.717) is 17.8 Å². The Morgan fingerprint density at radius 2 is 1.60 bits per heavy atom. The first-order valence-corrected chi connectivity index (χ1v) is 6.83. The highest BCUT2D eigenvalue weighted by Crippen LogP contribution is 2.19. The molecule has 0 fully saturated rings. The maximum absolute atomic E-state index is 13.0. The van der Waals surface area contributed by atoms with Gasteiger partial charge in [-0.25, -0.2) is 13.2 Å². The van der Waals surface area contributed by atoms with Crippen LogP contribution in [0.5, 0.6) is 0 Å². The lowest BCUT2D eigenvalue weighted by atomic mass is 10.2. The molecule has 0 heterocycles. The standard InChI is InChI=1S/C14H10F3NOS/c1-20-10-4-2-9(3-5-10)18-14(19)8-6-11(15)13(17)12(16)7-8/h2-7H,1H3,(H,18,19). The smallest absolute Gasteiger partial charge is 0.255 e. The summed E-state index contributed by atoms with van der Waals surface area (Å²) < 4.78 is 38.9. The second kappa shape index (κ2) is 6.00. The molecule has 2 aromatic rings. The van der Waals surface area contributed by atoms with E-state index in [-0.39, 0.29) is 5.56 Å². The fraction of sp³-hybridized carbons (Fsp3) is 0.0714. The molecule has 0 spiro atoms. The molecular weight excluding hydrogens is 287 g/mol. The van der Waals surface area contributed by atoms with Crippen molar-refractivity contribution in [3.63, 3.8) is 0 Å². The van der Waals surface area contributed by atoms with Crippen molar-refractivity contribution >= 4 is 23.4 Å². The van der Waals surface area contributed by atoms with Gasteiger partial charge in [-0.3, -0.25) is 4.79 Å². The highest BCUT2D eigenvalue weighted by Gasteiger charge is 2.15. The molecule has 0 atom stereocenters. The van der Waals surface area contributed by atoms with Gasteiger partial charge in [0.1, 0.15) is 0 Å². The van der Waals surface area contributed by atoms with Gasteiger partial charge in [0.05, 0.1) is 0 Å². The Morgan fingerprint density at radius 3 is 2.10 bits per heavy atom. The predicted octanol–water partition coefficient (Wildman–Crippen LogP) is 4.08. The van der Waals surface area contributed by atoms with E-state index in [0.717, 1.165) is 4.90 Å². The van der Waals surface area contributed by atoms with Gasteiger partial charge in [-0.05, 0) is 42.7 Å². The van der Waals surface area contributed by atoms with Crippen LogP contribution in [0.4, 0.5) is 18.9 Å². The van der Waals surface area contributed by atoms with Crippen LogP contribution in [0.15, 0.2) is 41.3 Å². The molecule has 0 aliphatic carbocycles. The predicted molar refractivity (Wildman–Crippen MR) is 72.5 cm³/mol. The molecule has 2 aromatic carbocycles. The number of thioether (sulfide) groups is 1. The van der Waals surface area contributed by atoms with E-state index in [9.17, 15) is 18.0 Å².